The first kappa shape index (κ1) is 12.5. The lowest BCUT2D eigenvalue weighted by atomic mass is 10.2. The summed E-state index contributed by atoms with van der Waals surface area (Å²) in [6.45, 7) is 0.0945. The van der Waals surface area contributed by atoms with E-state index in [1.54, 1.807) is 24.3 Å². The lowest BCUT2D eigenvalue weighted by Crippen LogP contribution is -2.25. The zero-order chi connectivity index (χ0) is 13.0. The molecule has 2 rings (SSSR count). The molecule has 0 aliphatic rings. The predicted molar refractivity (Wildman–Crippen MR) is 66.7 cm³/mol. The number of nitrogens with one attached hydrogen (secondary N) is 2. The highest BCUT2D eigenvalue weighted by molar-refractivity contribution is 7.88. The van der Waals surface area contributed by atoms with Crippen molar-refractivity contribution in [2.45, 2.75) is 12.3 Å². The van der Waals surface area contributed by atoms with Crippen LogP contribution in [-0.2, 0) is 22.3 Å². The first-order valence-electron chi connectivity index (χ1n) is 5.21. The van der Waals surface area contributed by atoms with Gasteiger partial charge in [-0.05, 0) is 17.7 Å². The molecule has 0 atom stereocenters. The maximum absolute atomic E-state index is 11.8. The van der Waals surface area contributed by atoms with Gasteiger partial charge in [0.1, 0.15) is 12.2 Å². The van der Waals surface area contributed by atoms with Crippen LogP contribution in [0.1, 0.15) is 11.4 Å². The van der Waals surface area contributed by atoms with Gasteiger partial charge >= 0.3 is 0 Å². The summed E-state index contributed by atoms with van der Waals surface area (Å²) >= 11 is 0. The Balaban J connectivity index is 1.97. The summed E-state index contributed by atoms with van der Waals surface area (Å²) < 4.78 is 26.0. The Morgan fingerprint density at radius 3 is 2.61 bits per heavy atom. The number of nitrogens with two attached hydrogens (primary N) is 1. The molecule has 0 unspecified atom stereocenters. The molecule has 8 heteroatoms. The normalized spacial score (nSPS) is 11.6. The van der Waals surface area contributed by atoms with E-state index in [1.165, 1.54) is 6.33 Å². The van der Waals surface area contributed by atoms with Crippen molar-refractivity contribution in [3.63, 3.8) is 0 Å². The quantitative estimate of drug-likeness (QED) is 0.660. The van der Waals surface area contributed by atoms with Crippen molar-refractivity contribution < 1.29 is 8.42 Å². The van der Waals surface area contributed by atoms with Crippen LogP contribution >= 0.6 is 0 Å². The third-order valence-electron chi connectivity index (χ3n) is 2.26. The molecule has 7 nitrogen and oxygen atoms in total. The molecule has 4 N–H and O–H groups in total. The fourth-order valence-corrected chi connectivity index (χ4v) is 2.47. The number of aromatic nitrogens is 3. The van der Waals surface area contributed by atoms with Crippen molar-refractivity contribution in [2.75, 3.05) is 5.73 Å². The average molecular weight is 267 g/mol. The second kappa shape index (κ2) is 5.15. The molecule has 0 fully saturated rings. The minimum Gasteiger partial charge on any atom is -0.399 e. The molecule has 0 aliphatic heterocycles. The van der Waals surface area contributed by atoms with Gasteiger partial charge in [0.05, 0.1) is 12.3 Å². The van der Waals surface area contributed by atoms with Crippen molar-refractivity contribution in [3.8, 4) is 0 Å². The Morgan fingerprint density at radius 2 is 2.00 bits per heavy atom. The number of aromatic amines is 1. The summed E-state index contributed by atoms with van der Waals surface area (Å²) in [6.07, 6.45) is 1.32. The van der Waals surface area contributed by atoms with Crippen LogP contribution in [-0.4, -0.2) is 23.6 Å². The van der Waals surface area contributed by atoms with E-state index in [0.29, 0.717) is 17.1 Å². The van der Waals surface area contributed by atoms with Crippen LogP contribution in [0, 0.1) is 0 Å². The van der Waals surface area contributed by atoms with Gasteiger partial charge in [-0.3, -0.25) is 5.10 Å². The summed E-state index contributed by atoms with van der Waals surface area (Å²) in [4.78, 5) is 3.83. The van der Waals surface area contributed by atoms with Crippen molar-refractivity contribution in [1.82, 2.24) is 19.9 Å². The Bertz CT molecular complexity index is 592. The molecule has 18 heavy (non-hydrogen) atoms. The van der Waals surface area contributed by atoms with Gasteiger partial charge in [-0.15, -0.1) is 0 Å². The summed E-state index contributed by atoms with van der Waals surface area (Å²) in [5.74, 6) is 0.373. The van der Waals surface area contributed by atoms with Crippen molar-refractivity contribution in [1.29, 1.82) is 0 Å². The van der Waals surface area contributed by atoms with Gasteiger partial charge in [-0.25, -0.2) is 18.1 Å². The average Bonchev–Trinajstić information content (AvgIpc) is 2.83. The molecule has 96 valence electrons. The zero-order valence-electron chi connectivity index (χ0n) is 9.50. The van der Waals surface area contributed by atoms with Crippen LogP contribution < -0.4 is 10.5 Å². The van der Waals surface area contributed by atoms with Gasteiger partial charge in [0, 0.05) is 5.69 Å². The van der Waals surface area contributed by atoms with Crippen molar-refractivity contribution in [2.24, 2.45) is 0 Å². The third kappa shape index (κ3) is 3.54. The fourth-order valence-electron chi connectivity index (χ4n) is 1.38. The number of nitrogens with zero attached hydrogens (tertiary/aromatic N) is 2. The molecular weight excluding hydrogens is 254 g/mol. The molecule has 0 bridgehead atoms. The number of benzene rings is 1. The van der Waals surface area contributed by atoms with E-state index in [0.717, 1.165) is 0 Å². The predicted octanol–water partition coefficient (Wildman–Crippen LogP) is 0.00650. The minimum absolute atomic E-state index is 0.0945. The highest BCUT2D eigenvalue weighted by atomic mass is 32.2. The second-order valence-corrected chi connectivity index (χ2v) is 5.56. The van der Waals surface area contributed by atoms with E-state index < -0.39 is 10.0 Å². The molecule has 1 aromatic heterocycles. The Labute approximate surface area is 104 Å². The Kier molecular flexibility index (Phi) is 3.58. The summed E-state index contributed by atoms with van der Waals surface area (Å²) in [5.41, 5.74) is 6.81. The first-order valence-corrected chi connectivity index (χ1v) is 6.86. The molecule has 0 radical (unpaired) electrons. The maximum atomic E-state index is 11.8. The SMILES string of the molecule is Nc1ccc(CS(=O)(=O)NCc2ncn[nH]2)cc1. The fraction of sp³-hybridized carbons (Fsp3) is 0.200. The summed E-state index contributed by atoms with van der Waals surface area (Å²) in [7, 11) is -3.40. The summed E-state index contributed by atoms with van der Waals surface area (Å²) in [6, 6.07) is 6.70. The van der Waals surface area contributed by atoms with Crippen LogP contribution in [0.5, 0.6) is 0 Å². The standard InChI is InChI=1S/C10H13N5O2S/c11-9-3-1-8(2-4-9)6-18(16,17)14-5-10-12-7-13-15-10/h1-4,7,14H,5-6,11H2,(H,12,13,15). The highest BCUT2D eigenvalue weighted by Gasteiger charge is 2.11. The number of sulfonamides is 1. The van der Waals surface area contributed by atoms with E-state index >= 15 is 0 Å². The van der Waals surface area contributed by atoms with E-state index in [9.17, 15) is 8.42 Å². The summed E-state index contributed by atoms with van der Waals surface area (Å²) in [5, 5.41) is 6.21. The van der Waals surface area contributed by atoms with Gasteiger partial charge in [-0.2, -0.15) is 5.10 Å². The molecular formula is C10H13N5O2S. The molecule has 0 saturated heterocycles. The van der Waals surface area contributed by atoms with E-state index in [-0.39, 0.29) is 12.3 Å². The molecule has 2 aromatic rings. The van der Waals surface area contributed by atoms with Gasteiger partial charge in [0.25, 0.3) is 0 Å². The number of nitrogen functional groups attached to an aromatic ring is 1. The molecule has 0 saturated carbocycles. The first-order chi connectivity index (χ1) is 8.55. The van der Waals surface area contributed by atoms with Gasteiger partial charge in [0.2, 0.25) is 10.0 Å². The molecule has 1 heterocycles. The lowest BCUT2D eigenvalue weighted by Gasteiger charge is -2.05. The highest BCUT2D eigenvalue weighted by Crippen LogP contribution is 2.08. The monoisotopic (exact) mass is 267 g/mol. The van der Waals surface area contributed by atoms with Crippen LogP contribution in [0.4, 0.5) is 5.69 Å². The molecule has 1 aromatic carbocycles. The number of anilines is 1. The van der Waals surface area contributed by atoms with Gasteiger partial charge in [-0.1, -0.05) is 12.1 Å². The van der Waals surface area contributed by atoms with Crippen molar-refractivity contribution >= 4 is 15.7 Å². The van der Waals surface area contributed by atoms with Crippen LogP contribution in [0.25, 0.3) is 0 Å². The smallest absolute Gasteiger partial charge is 0.216 e. The van der Waals surface area contributed by atoms with E-state index in [1.807, 2.05) is 0 Å². The minimum atomic E-state index is -3.40. The number of H-pyrrole nitrogens is 1. The van der Waals surface area contributed by atoms with Crippen LogP contribution in [0.3, 0.4) is 0 Å². The van der Waals surface area contributed by atoms with Crippen molar-refractivity contribution in [3.05, 3.63) is 42.0 Å². The Morgan fingerprint density at radius 1 is 1.28 bits per heavy atom. The van der Waals surface area contributed by atoms with Crippen LogP contribution in [0.2, 0.25) is 0 Å². The van der Waals surface area contributed by atoms with Crippen LogP contribution in [0.15, 0.2) is 30.6 Å². The molecule has 0 amide bonds. The second-order valence-electron chi connectivity index (χ2n) is 3.75. The molecule has 0 aliphatic carbocycles. The van der Waals surface area contributed by atoms with Gasteiger partial charge < -0.3 is 5.73 Å². The van der Waals surface area contributed by atoms with E-state index in [4.69, 9.17) is 5.73 Å². The largest absolute Gasteiger partial charge is 0.399 e. The number of hydrogen-bond acceptors (Lipinski definition) is 5. The van der Waals surface area contributed by atoms with Gasteiger partial charge in [0.15, 0.2) is 0 Å². The maximum Gasteiger partial charge on any atom is 0.216 e. The number of rotatable bonds is 5. The topological polar surface area (TPSA) is 114 Å². The molecule has 0 spiro atoms. The number of hydrogen-bond donors (Lipinski definition) is 3. The Hall–Kier alpha value is -1.93. The third-order valence-corrected chi connectivity index (χ3v) is 3.56. The van der Waals surface area contributed by atoms with E-state index in [2.05, 4.69) is 19.9 Å². The zero-order valence-corrected chi connectivity index (χ0v) is 10.3. The lowest BCUT2D eigenvalue weighted by molar-refractivity contribution is 0.578.